The molecule has 3 heterocycles. The van der Waals surface area contributed by atoms with Crippen molar-refractivity contribution in [3.8, 4) is 5.69 Å². The first-order valence-corrected chi connectivity index (χ1v) is 9.69. The Balaban J connectivity index is 2.11. The average molecular weight is 409 g/mol. The molecule has 0 spiro atoms. The molecule has 9 nitrogen and oxygen atoms in total. The maximum absolute atomic E-state index is 13.3. The summed E-state index contributed by atoms with van der Waals surface area (Å²) in [7, 11) is 1.54. The number of para-hydroxylation sites is 1. The van der Waals surface area contributed by atoms with Gasteiger partial charge in [0.15, 0.2) is 11.2 Å². The van der Waals surface area contributed by atoms with Crippen molar-refractivity contribution in [1.29, 1.82) is 0 Å². The van der Waals surface area contributed by atoms with Gasteiger partial charge < -0.3 is 4.74 Å². The van der Waals surface area contributed by atoms with E-state index in [0.717, 1.165) is 27.2 Å². The van der Waals surface area contributed by atoms with Crippen LogP contribution in [0.15, 0.2) is 33.9 Å². The average Bonchev–Trinajstić information content (AvgIpc) is 3.21. The molecular formula is C21H23N5O4. The van der Waals surface area contributed by atoms with Crippen LogP contribution in [0.25, 0.3) is 22.6 Å². The van der Waals surface area contributed by atoms with Gasteiger partial charge >= 0.3 is 11.7 Å². The lowest BCUT2D eigenvalue weighted by molar-refractivity contribution is -0.143. The Bertz CT molecular complexity index is 1430. The second-order valence-corrected chi connectivity index (χ2v) is 7.25. The first-order chi connectivity index (χ1) is 14.3. The van der Waals surface area contributed by atoms with Crippen molar-refractivity contribution in [3.05, 3.63) is 62.1 Å². The second kappa shape index (κ2) is 7.01. The number of imidazole rings is 2. The SMILES string of the molecule is CCOC(=O)Cn1c(=O)c2c(nc3n(-c4ccccc4C)c(C)c(C)n23)n(C)c1=O. The standard InChI is InChI=1S/C21H23N5O4/c1-6-30-16(27)11-24-19(28)17-18(23(5)21(24)29)22-20-25(13(3)14(4)26(17)20)15-10-8-7-9-12(15)2/h7-10H,6,11H2,1-5H3. The molecule has 0 radical (unpaired) electrons. The van der Waals surface area contributed by atoms with Crippen LogP contribution in [-0.4, -0.2) is 35.7 Å². The Morgan fingerprint density at radius 1 is 1.10 bits per heavy atom. The third-order valence-electron chi connectivity index (χ3n) is 5.47. The first-order valence-electron chi connectivity index (χ1n) is 9.69. The van der Waals surface area contributed by atoms with Crippen LogP contribution in [-0.2, 0) is 23.1 Å². The summed E-state index contributed by atoms with van der Waals surface area (Å²) in [6.07, 6.45) is 0. The molecule has 3 aromatic heterocycles. The maximum Gasteiger partial charge on any atom is 0.333 e. The monoisotopic (exact) mass is 409 g/mol. The van der Waals surface area contributed by atoms with E-state index in [4.69, 9.17) is 4.74 Å². The van der Waals surface area contributed by atoms with Crippen LogP contribution in [0, 0.1) is 20.8 Å². The Morgan fingerprint density at radius 3 is 2.47 bits per heavy atom. The smallest absolute Gasteiger partial charge is 0.333 e. The Labute approximate surface area is 171 Å². The number of esters is 1. The lowest BCUT2D eigenvalue weighted by Gasteiger charge is -2.09. The number of aryl methyl sites for hydroxylation is 3. The molecule has 0 aliphatic carbocycles. The van der Waals surface area contributed by atoms with E-state index in [2.05, 4.69) is 4.98 Å². The summed E-state index contributed by atoms with van der Waals surface area (Å²) in [6.45, 7) is 7.26. The number of hydrogen-bond donors (Lipinski definition) is 0. The summed E-state index contributed by atoms with van der Waals surface area (Å²) in [5.74, 6) is -0.0996. The Morgan fingerprint density at radius 2 is 1.80 bits per heavy atom. The number of fused-ring (bicyclic) bond motifs is 3. The largest absolute Gasteiger partial charge is 0.465 e. The van der Waals surface area contributed by atoms with Crippen molar-refractivity contribution in [2.24, 2.45) is 7.05 Å². The highest BCUT2D eigenvalue weighted by atomic mass is 16.5. The summed E-state index contributed by atoms with van der Waals surface area (Å²) < 4.78 is 10.8. The van der Waals surface area contributed by atoms with Crippen LogP contribution < -0.4 is 11.2 Å². The fraction of sp³-hybridized carbons (Fsp3) is 0.333. The molecule has 9 heteroatoms. The summed E-state index contributed by atoms with van der Waals surface area (Å²) in [6, 6.07) is 7.89. The van der Waals surface area contributed by atoms with E-state index in [1.165, 1.54) is 4.57 Å². The second-order valence-electron chi connectivity index (χ2n) is 7.25. The van der Waals surface area contributed by atoms with E-state index in [1.54, 1.807) is 18.4 Å². The molecule has 0 bridgehead atoms. The van der Waals surface area contributed by atoms with Crippen LogP contribution in [0.5, 0.6) is 0 Å². The fourth-order valence-electron chi connectivity index (χ4n) is 3.83. The van der Waals surface area contributed by atoms with Crippen molar-refractivity contribution in [2.75, 3.05) is 6.61 Å². The minimum absolute atomic E-state index is 0.171. The van der Waals surface area contributed by atoms with Crippen LogP contribution in [0.4, 0.5) is 0 Å². The fourth-order valence-corrected chi connectivity index (χ4v) is 3.83. The zero-order chi connectivity index (χ0) is 21.7. The lowest BCUT2D eigenvalue weighted by Crippen LogP contribution is -2.41. The molecule has 156 valence electrons. The molecule has 30 heavy (non-hydrogen) atoms. The normalized spacial score (nSPS) is 11.5. The van der Waals surface area contributed by atoms with Gasteiger partial charge in [-0.3, -0.25) is 23.1 Å². The van der Waals surface area contributed by atoms with Crippen LogP contribution in [0.1, 0.15) is 23.9 Å². The molecule has 0 N–H and O–H groups in total. The van der Waals surface area contributed by atoms with Gasteiger partial charge in [0.05, 0.1) is 12.3 Å². The number of carbonyl (C=O) groups is 1. The maximum atomic E-state index is 13.3. The van der Waals surface area contributed by atoms with Crippen LogP contribution >= 0.6 is 0 Å². The highest BCUT2D eigenvalue weighted by Crippen LogP contribution is 2.26. The molecule has 4 aromatic rings. The minimum atomic E-state index is -0.637. The van der Waals surface area contributed by atoms with E-state index in [-0.39, 0.29) is 17.8 Å². The number of nitrogens with zero attached hydrogens (tertiary/aromatic N) is 5. The molecule has 0 fully saturated rings. The summed E-state index contributed by atoms with van der Waals surface area (Å²) in [5, 5.41) is 0. The number of rotatable bonds is 4. The molecule has 0 aliphatic rings. The highest BCUT2D eigenvalue weighted by Gasteiger charge is 2.24. The predicted octanol–water partition coefficient (Wildman–Crippen LogP) is 1.63. The number of carbonyl (C=O) groups excluding carboxylic acids is 1. The molecule has 4 rings (SSSR count). The molecule has 1 aromatic carbocycles. The molecule has 0 unspecified atom stereocenters. The van der Waals surface area contributed by atoms with Crippen molar-refractivity contribution in [1.82, 2.24) is 23.1 Å². The van der Waals surface area contributed by atoms with E-state index in [0.29, 0.717) is 5.78 Å². The highest BCUT2D eigenvalue weighted by molar-refractivity contribution is 5.78. The predicted molar refractivity (Wildman–Crippen MR) is 112 cm³/mol. The van der Waals surface area contributed by atoms with Gasteiger partial charge in [-0.05, 0) is 39.3 Å². The molecule has 0 saturated heterocycles. The van der Waals surface area contributed by atoms with Crippen molar-refractivity contribution in [3.63, 3.8) is 0 Å². The minimum Gasteiger partial charge on any atom is -0.465 e. The lowest BCUT2D eigenvalue weighted by atomic mass is 10.2. The third kappa shape index (κ3) is 2.69. The van der Waals surface area contributed by atoms with Crippen molar-refractivity contribution >= 4 is 22.9 Å². The van der Waals surface area contributed by atoms with Gasteiger partial charge in [0.25, 0.3) is 5.56 Å². The number of hydrogen-bond acceptors (Lipinski definition) is 5. The molecule has 0 saturated carbocycles. The zero-order valence-electron chi connectivity index (χ0n) is 17.6. The first kappa shape index (κ1) is 19.7. The van der Waals surface area contributed by atoms with Gasteiger partial charge in [-0.1, -0.05) is 18.2 Å². The third-order valence-corrected chi connectivity index (χ3v) is 5.47. The van der Waals surface area contributed by atoms with Gasteiger partial charge in [0.2, 0.25) is 5.78 Å². The van der Waals surface area contributed by atoms with E-state index in [1.807, 2.05) is 49.6 Å². The van der Waals surface area contributed by atoms with Crippen LogP contribution in [0.2, 0.25) is 0 Å². The van der Waals surface area contributed by atoms with E-state index >= 15 is 0 Å². The van der Waals surface area contributed by atoms with Gasteiger partial charge in [-0.25, -0.2) is 9.36 Å². The summed E-state index contributed by atoms with van der Waals surface area (Å²) in [5.41, 5.74) is 3.10. The summed E-state index contributed by atoms with van der Waals surface area (Å²) >= 11 is 0. The van der Waals surface area contributed by atoms with Crippen molar-refractivity contribution < 1.29 is 9.53 Å². The number of benzene rings is 1. The van der Waals surface area contributed by atoms with Crippen molar-refractivity contribution in [2.45, 2.75) is 34.2 Å². The number of aromatic nitrogens is 5. The van der Waals surface area contributed by atoms with Crippen LogP contribution in [0.3, 0.4) is 0 Å². The molecule has 0 amide bonds. The topological polar surface area (TPSA) is 92.5 Å². The molecule has 0 atom stereocenters. The van der Waals surface area contributed by atoms with E-state index in [9.17, 15) is 14.4 Å². The zero-order valence-corrected chi connectivity index (χ0v) is 17.6. The molecular weight excluding hydrogens is 386 g/mol. The van der Waals surface area contributed by atoms with Gasteiger partial charge in [-0.15, -0.1) is 0 Å². The summed E-state index contributed by atoms with van der Waals surface area (Å²) in [4.78, 5) is 42.6. The van der Waals surface area contributed by atoms with Gasteiger partial charge in [0, 0.05) is 18.4 Å². The Hall–Kier alpha value is -3.62. The number of ether oxygens (including phenoxy) is 1. The Kier molecular flexibility index (Phi) is 4.60. The molecule has 0 aliphatic heterocycles. The quantitative estimate of drug-likeness (QED) is 0.478. The van der Waals surface area contributed by atoms with Gasteiger partial charge in [-0.2, -0.15) is 4.98 Å². The van der Waals surface area contributed by atoms with Gasteiger partial charge in [0.1, 0.15) is 6.54 Å². The van der Waals surface area contributed by atoms with E-state index < -0.39 is 23.8 Å².